The molecule has 0 aliphatic rings. The van der Waals surface area contributed by atoms with Crippen molar-refractivity contribution in [1.82, 2.24) is 25.9 Å². The average Bonchev–Trinajstić information content (AvgIpc) is 3.13. The SMILES string of the molecule is CC(NC(=O)C(CC(=O)O)NC(=O)C(C)NC(=O)C(N)Cc1cnc[nH]1)C(=O)O. The molecule has 1 rings (SSSR count). The molecule has 1 aromatic heterocycles. The summed E-state index contributed by atoms with van der Waals surface area (Å²) in [6, 6.07) is -4.91. The summed E-state index contributed by atoms with van der Waals surface area (Å²) in [5.41, 5.74) is 6.39. The molecular formula is C16H24N6O7. The molecule has 0 fully saturated rings. The van der Waals surface area contributed by atoms with Crippen LogP contribution in [0.5, 0.6) is 0 Å². The van der Waals surface area contributed by atoms with Crippen molar-refractivity contribution >= 4 is 29.7 Å². The summed E-state index contributed by atoms with van der Waals surface area (Å²) in [6.45, 7) is 2.51. The van der Waals surface area contributed by atoms with Crippen LogP contribution in [-0.4, -0.2) is 74.0 Å². The van der Waals surface area contributed by atoms with E-state index in [1.807, 2.05) is 0 Å². The van der Waals surface area contributed by atoms with Crippen LogP contribution in [0, 0.1) is 0 Å². The van der Waals surface area contributed by atoms with Gasteiger partial charge in [-0.1, -0.05) is 0 Å². The average molecular weight is 412 g/mol. The van der Waals surface area contributed by atoms with Gasteiger partial charge in [-0.05, 0) is 13.8 Å². The van der Waals surface area contributed by atoms with Crippen LogP contribution in [0.15, 0.2) is 12.5 Å². The predicted molar refractivity (Wildman–Crippen MR) is 97.3 cm³/mol. The van der Waals surface area contributed by atoms with Crippen molar-refractivity contribution < 1.29 is 34.2 Å². The highest BCUT2D eigenvalue weighted by molar-refractivity contribution is 5.95. The Morgan fingerprint density at radius 1 is 1.03 bits per heavy atom. The molecule has 0 saturated heterocycles. The molecule has 29 heavy (non-hydrogen) atoms. The van der Waals surface area contributed by atoms with Gasteiger partial charge in [0.05, 0.1) is 18.8 Å². The van der Waals surface area contributed by atoms with E-state index in [2.05, 4.69) is 25.9 Å². The summed E-state index contributed by atoms with van der Waals surface area (Å²) in [5, 5.41) is 24.4. The minimum absolute atomic E-state index is 0.150. The highest BCUT2D eigenvalue weighted by Gasteiger charge is 2.29. The molecule has 0 spiro atoms. The highest BCUT2D eigenvalue weighted by atomic mass is 16.4. The molecule has 0 radical (unpaired) electrons. The highest BCUT2D eigenvalue weighted by Crippen LogP contribution is 1.99. The minimum Gasteiger partial charge on any atom is -0.481 e. The summed E-state index contributed by atoms with van der Waals surface area (Å²) in [6.07, 6.45) is 2.30. The number of H-pyrrole nitrogens is 1. The molecule has 3 amide bonds. The Labute approximate surface area is 165 Å². The number of rotatable bonds is 11. The van der Waals surface area contributed by atoms with Crippen molar-refractivity contribution in [2.24, 2.45) is 5.73 Å². The van der Waals surface area contributed by atoms with Gasteiger partial charge in [-0.25, -0.2) is 4.98 Å². The maximum atomic E-state index is 12.3. The predicted octanol–water partition coefficient (Wildman–Crippen LogP) is -2.67. The van der Waals surface area contributed by atoms with Gasteiger partial charge in [-0.2, -0.15) is 0 Å². The monoisotopic (exact) mass is 412 g/mol. The van der Waals surface area contributed by atoms with E-state index < -0.39 is 60.2 Å². The van der Waals surface area contributed by atoms with Crippen LogP contribution in [0.2, 0.25) is 0 Å². The Morgan fingerprint density at radius 3 is 2.17 bits per heavy atom. The molecule has 1 aromatic rings. The van der Waals surface area contributed by atoms with E-state index in [1.165, 1.54) is 26.4 Å². The van der Waals surface area contributed by atoms with Gasteiger partial charge in [0.15, 0.2) is 0 Å². The smallest absolute Gasteiger partial charge is 0.325 e. The first-order valence-electron chi connectivity index (χ1n) is 8.59. The molecule has 8 N–H and O–H groups in total. The fourth-order valence-electron chi connectivity index (χ4n) is 2.17. The van der Waals surface area contributed by atoms with Crippen molar-refractivity contribution in [2.75, 3.05) is 0 Å². The summed E-state index contributed by atoms with van der Waals surface area (Å²) >= 11 is 0. The van der Waals surface area contributed by atoms with E-state index >= 15 is 0 Å². The molecule has 13 heteroatoms. The van der Waals surface area contributed by atoms with Crippen molar-refractivity contribution in [3.63, 3.8) is 0 Å². The zero-order valence-corrected chi connectivity index (χ0v) is 15.8. The molecule has 1 heterocycles. The lowest BCUT2D eigenvalue weighted by molar-refractivity contribution is -0.143. The molecule has 160 valence electrons. The normalized spacial score (nSPS) is 14.7. The van der Waals surface area contributed by atoms with Crippen molar-refractivity contribution in [3.05, 3.63) is 18.2 Å². The summed E-state index contributed by atoms with van der Waals surface area (Å²) in [7, 11) is 0. The maximum absolute atomic E-state index is 12.3. The van der Waals surface area contributed by atoms with Gasteiger partial charge in [-0.3, -0.25) is 24.0 Å². The van der Waals surface area contributed by atoms with Crippen molar-refractivity contribution in [3.8, 4) is 0 Å². The number of carbonyl (C=O) groups is 5. The van der Waals surface area contributed by atoms with Crippen LogP contribution in [0.25, 0.3) is 0 Å². The number of carboxylic acid groups (broad SMARTS) is 2. The molecule has 0 aromatic carbocycles. The number of hydrogen-bond acceptors (Lipinski definition) is 7. The number of aliphatic carboxylic acids is 2. The Kier molecular flexibility index (Phi) is 8.73. The number of nitrogens with one attached hydrogen (secondary N) is 4. The standard InChI is InChI=1S/C16H24N6O7/c1-7(20-14(26)10(17)3-9-5-18-6-19-9)13(25)22-11(4-12(23)24)15(27)21-8(2)16(28)29/h5-8,10-11H,3-4,17H2,1-2H3,(H,18,19)(H,20,26)(H,21,27)(H,22,25)(H,23,24)(H,28,29). The minimum atomic E-state index is -1.53. The molecule has 4 atom stereocenters. The Morgan fingerprint density at radius 2 is 1.66 bits per heavy atom. The van der Waals surface area contributed by atoms with E-state index in [9.17, 15) is 24.0 Å². The Bertz CT molecular complexity index is 751. The lowest BCUT2D eigenvalue weighted by atomic mass is 10.1. The summed E-state index contributed by atoms with van der Waals surface area (Å²) in [5.74, 6) is -5.17. The van der Waals surface area contributed by atoms with Crippen LogP contribution >= 0.6 is 0 Å². The summed E-state index contributed by atoms with van der Waals surface area (Å²) < 4.78 is 0. The van der Waals surface area contributed by atoms with Gasteiger partial charge in [0.2, 0.25) is 17.7 Å². The number of amides is 3. The summed E-state index contributed by atoms with van der Waals surface area (Å²) in [4.78, 5) is 64.8. The number of carbonyl (C=O) groups excluding carboxylic acids is 3. The van der Waals surface area contributed by atoms with Gasteiger partial charge in [0.25, 0.3) is 0 Å². The van der Waals surface area contributed by atoms with Gasteiger partial charge in [-0.15, -0.1) is 0 Å². The number of nitrogens with zero attached hydrogens (tertiary/aromatic N) is 1. The topological polar surface area (TPSA) is 217 Å². The van der Waals surface area contributed by atoms with Crippen molar-refractivity contribution in [2.45, 2.75) is 50.9 Å². The van der Waals surface area contributed by atoms with Crippen LogP contribution in [0.1, 0.15) is 26.0 Å². The van der Waals surface area contributed by atoms with E-state index in [0.717, 1.165) is 0 Å². The molecule has 13 nitrogen and oxygen atoms in total. The maximum Gasteiger partial charge on any atom is 0.325 e. The lowest BCUT2D eigenvalue weighted by Crippen LogP contribution is -2.56. The first-order valence-corrected chi connectivity index (χ1v) is 8.59. The van der Waals surface area contributed by atoms with Crippen LogP contribution < -0.4 is 21.7 Å². The zero-order valence-electron chi connectivity index (χ0n) is 15.8. The van der Waals surface area contributed by atoms with E-state index in [4.69, 9.17) is 15.9 Å². The van der Waals surface area contributed by atoms with Gasteiger partial charge in [0, 0.05) is 18.3 Å². The van der Waals surface area contributed by atoms with E-state index in [-0.39, 0.29) is 6.42 Å². The second kappa shape index (κ2) is 10.8. The number of aromatic nitrogens is 2. The van der Waals surface area contributed by atoms with Gasteiger partial charge < -0.3 is 36.9 Å². The third-order valence-electron chi connectivity index (χ3n) is 3.82. The first-order chi connectivity index (χ1) is 13.5. The second-order valence-electron chi connectivity index (χ2n) is 6.35. The third-order valence-corrected chi connectivity index (χ3v) is 3.82. The number of carboxylic acids is 2. The molecule has 0 bridgehead atoms. The van der Waals surface area contributed by atoms with Crippen LogP contribution in [0.3, 0.4) is 0 Å². The zero-order chi connectivity index (χ0) is 22.1. The van der Waals surface area contributed by atoms with Gasteiger partial charge >= 0.3 is 11.9 Å². The van der Waals surface area contributed by atoms with Crippen LogP contribution in [-0.2, 0) is 30.4 Å². The van der Waals surface area contributed by atoms with Gasteiger partial charge in [0.1, 0.15) is 18.1 Å². The Balaban J connectivity index is 2.67. The fraction of sp³-hybridized carbons (Fsp3) is 0.500. The second-order valence-corrected chi connectivity index (χ2v) is 6.35. The fourth-order valence-corrected chi connectivity index (χ4v) is 2.17. The molecule has 4 unspecified atom stereocenters. The first kappa shape index (κ1) is 23.6. The van der Waals surface area contributed by atoms with Crippen molar-refractivity contribution in [1.29, 1.82) is 0 Å². The molecule has 0 saturated carbocycles. The Hall–Kier alpha value is -3.48. The van der Waals surface area contributed by atoms with E-state index in [1.54, 1.807) is 0 Å². The number of nitrogens with two attached hydrogens (primary N) is 1. The third kappa shape index (κ3) is 7.96. The number of imidazole rings is 1. The molecule has 0 aliphatic carbocycles. The van der Waals surface area contributed by atoms with E-state index in [0.29, 0.717) is 5.69 Å². The largest absolute Gasteiger partial charge is 0.481 e. The van der Waals surface area contributed by atoms with Crippen LogP contribution in [0.4, 0.5) is 0 Å². The number of aromatic amines is 1. The molecular weight excluding hydrogens is 388 g/mol. The molecule has 0 aliphatic heterocycles. The lowest BCUT2D eigenvalue weighted by Gasteiger charge is -2.22. The number of hydrogen-bond donors (Lipinski definition) is 7. The quantitative estimate of drug-likeness (QED) is 0.201.